The summed E-state index contributed by atoms with van der Waals surface area (Å²) in [7, 11) is 0. The summed E-state index contributed by atoms with van der Waals surface area (Å²) in [6.07, 6.45) is 0.0538. The van der Waals surface area contributed by atoms with Crippen molar-refractivity contribution < 1.29 is 18.7 Å². The van der Waals surface area contributed by atoms with Crippen LogP contribution in [0.1, 0.15) is 12.0 Å². The first kappa shape index (κ1) is 12.3. The van der Waals surface area contributed by atoms with Crippen molar-refractivity contribution in [2.45, 2.75) is 18.2 Å². The normalized spacial score (nSPS) is 27.2. The molecule has 106 valence electrons. The maximum Gasteiger partial charge on any atom is 0.311 e. The Hall–Kier alpha value is -2.43. The number of carbonyl (C=O) groups is 1. The van der Waals surface area contributed by atoms with E-state index in [1.54, 1.807) is 0 Å². The Kier molecular flexibility index (Phi) is 2.51. The molecule has 1 saturated heterocycles. The fourth-order valence-electron chi connectivity index (χ4n) is 2.86. The van der Waals surface area contributed by atoms with Crippen molar-refractivity contribution in [3.63, 3.8) is 0 Å². The zero-order chi connectivity index (χ0) is 14.4. The molecule has 2 heterocycles. The number of ether oxygens (including phenoxy) is 2. The van der Waals surface area contributed by atoms with Crippen LogP contribution in [0.15, 0.2) is 47.5 Å². The number of nitrogens with zero attached hydrogens (tertiary/aromatic N) is 1. The summed E-state index contributed by atoms with van der Waals surface area (Å²) >= 11 is 0. The first-order valence-electron chi connectivity index (χ1n) is 6.75. The molecule has 0 N–H and O–H groups in total. The van der Waals surface area contributed by atoms with Crippen LogP contribution in [0.2, 0.25) is 0 Å². The van der Waals surface area contributed by atoms with E-state index in [0.717, 1.165) is 16.3 Å². The molecule has 0 aliphatic carbocycles. The molecule has 2 aliphatic rings. The van der Waals surface area contributed by atoms with Crippen molar-refractivity contribution in [3.8, 4) is 0 Å². The average molecular weight is 285 g/mol. The standard InChI is InChI=1S/C16H12FNO3/c17-9-16-13(8-14(19)20-16)18-15(21-16)12-7-3-5-10-4-1-2-6-11(10)12/h1-7,13H,8-9H2/t13?,16-/m0/s1. The summed E-state index contributed by atoms with van der Waals surface area (Å²) in [6, 6.07) is 13.0. The van der Waals surface area contributed by atoms with Gasteiger partial charge in [0, 0.05) is 5.56 Å². The highest BCUT2D eigenvalue weighted by Gasteiger charge is 2.57. The largest absolute Gasteiger partial charge is 0.430 e. The van der Waals surface area contributed by atoms with Crippen LogP contribution >= 0.6 is 0 Å². The summed E-state index contributed by atoms with van der Waals surface area (Å²) in [5.41, 5.74) is 0.784. The molecule has 0 amide bonds. The predicted octanol–water partition coefficient (Wildman–Crippen LogP) is 2.60. The van der Waals surface area contributed by atoms with Gasteiger partial charge in [-0.1, -0.05) is 36.4 Å². The minimum absolute atomic E-state index is 0.0538. The second kappa shape index (κ2) is 4.28. The Morgan fingerprint density at radius 2 is 2.00 bits per heavy atom. The van der Waals surface area contributed by atoms with Crippen LogP contribution in [-0.2, 0) is 14.3 Å². The van der Waals surface area contributed by atoms with E-state index in [1.807, 2.05) is 42.5 Å². The number of fused-ring (bicyclic) bond motifs is 2. The number of hydrogen-bond donors (Lipinski definition) is 0. The highest BCUT2D eigenvalue weighted by atomic mass is 19.1. The average Bonchev–Trinajstić information content (AvgIpc) is 2.99. The molecule has 1 unspecified atom stereocenters. The molecule has 2 aromatic rings. The zero-order valence-electron chi connectivity index (χ0n) is 11.1. The molecule has 0 spiro atoms. The smallest absolute Gasteiger partial charge is 0.311 e. The third-order valence-electron chi connectivity index (χ3n) is 3.90. The predicted molar refractivity (Wildman–Crippen MR) is 74.8 cm³/mol. The van der Waals surface area contributed by atoms with Gasteiger partial charge in [-0.15, -0.1) is 0 Å². The van der Waals surface area contributed by atoms with E-state index >= 15 is 0 Å². The van der Waals surface area contributed by atoms with Crippen molar-refractivity contribution in [3.05, 3.63) is 48.0 Å². The van der Waals surface area contributed by atoms with Crippen LogP contribution in [0.4, 0.5) is 4.39 Å². The minimum atomic E-state index is -1.57. The molecule has 4 nitrogen and oxygen atoms in total. The number of aliphatic imine (C=N–C) groups is 1. The topological polar surface area (TPSA) is 47.9 Å². The molecule has 21 heavy (non-hydrogen) atoms. The van der Waals surface area contributed by atoms with E-state index in [2.05, 4.69) is 4.99 Å². The molecule has 5 heteroatoms. The Labute approximate surface area is 120 Å². The lowest BCUT2D eigenvalue weighted by Gasteiger charge is -2.22. The van der Waals surface area contributed by atoms with Crippen molar-refractivity contribution in [1.29, 1.82) is 0 Å². The van der Waals surface area contributed by atoms with Gasteiger partial charge in [0.05, 0.1) is 6.42 Å². The van der Waals surface area contributed by atoms with Crippen LogP contribution in [-0.4, -0.2) is 30.4 Å². The van der Waals surface area contributed by atoms with Gasteiger partial charge in [0.25, 0.3) is 0 Å². The van der Waals surface area contributed by atoms with Gasteiger partial charge in [-0.25, -0.2) is 9.38 Å². The van der Waals surface area contributed by atoms with Crippen molar-refractivity contribution >= 4 is 22.6 Å². The van der Waals surface area contributed by atoms with Gasteiger partial charge in [-0.05, 0) is 16.8 Å². The first-order valence-corrected chi connectivity index (χ1v) is 6.75. The fourth-order valence-corrected chi connectivity index (χ4v) is 2.86. The number of halogens is 1. The highest BCUT2D eigenvalue weighted by molar-refractivity contribution is 6.08. The van der Waals surface area contributed by atoms with Gasteiger partial charge in [0.1, 0.15) is 6.04 Å². The Morgan fingerprint density at radius 1 is 1.19 bits per heavy atom. The maximum absolute atomic E-state index is 13.3. The molecule has 0 saturated carbocycles. The summed E-state index contributed by atoms with van der Waals surface area (Å²) < 4.78 is 24.0. The molecule has 0 radical (unpaired) electrons. The molecule has 2 aliphatic heterocycles. The fraction of sp³-hybridized carbons (Fsp3) is 0.250. The molecule has 1 fully saturated rings. The lowest BCUT2D eigenvalue weighted by molar-refractivity contribution is -0.184. The number of esters is 1. The second-order valence-electron chi connectivity index (χ2n) is 5.20. The van der Waals surface area contributed by atoms with Crippen molar-refractivity contribution in [1.82, 2.24) is 0 Å². The SMILES string of the molecule is O=C1CC2N=C(c3cccc4ccccc34)O[C@]2(CF)O1. The van der Waals surface area contributed by atoms with Gasteiger partial charge < -0.3 is 9.47 Å². The zero-order valence-corrected chi connectivity index (χ0v) is 11.1. The summed E-state index contributed by atoms with van der Waals surface area (Å²) in [5, 5.41) is 2.02. The number of hydrogen-bond acceptors (Lipinski definition) is 4. The van der Waals surface area contributed by atoms with Gasteiger partial charge in [-0.3, -0.25) is 4.79 Å². The van der Waals surface area contributed by atoms with E-state index in [0.29, 0.717) is 5.90 Å². The van der Waals surface area contributed by atoms with Crippen LogP contribution in [0.5, 0.6) is 0 Å². The maximum atomic E-state index is 13.3. The molecule has 2 aromatic carbocycles. The number of rotatable bonds is 2. The van der Waals surface area contributed by atoms with Gasteiger partial charge in [0.2, 0.25) is 5.90 Å². The quantitative estimate of drug-likeness (QED) is 0.797. The van der Waals surface area contributed by atoms with E-state index in [4.69, 9.17) is 9.47 Å². The monoisotopic (exact) mass is 285 g/mol. The molecule has 0 bridgehead atoms. The molecular weight excluding hydrogens is 273 g/mol. The van der Waals surface area contributed by atoms with Crippen LogP contribution in [0.25, 0.3) is 10.8 Å². The van der Waals surface area contributed by atoms with Crippen LogP contribution in [0.3, 0.4) is 0 Å². The summed E-state index contributed by atoms with van der Waals surface area (Å²) in [6.45, 7) is -0.902. The van der Waals surface area contributed by atoms with Crippen LogP contribution < -0.4 is 0 Å². The van der Waals surface area contributed by atoms with Crippen molar-refractivity contribution in [2.75, 3.05) is 6.67 Å². The highest BCUT2D eigenvalue weighted by Crippen LogP contribution is 2.38. The summed E-state index contributed by atoms with van der Waals surface area (Å²) in [4.78, 5) is 15.7. The minimum Gasteiger partial charge on any atom is -0.430 e. The van der Waals surface area contributed by atoms with Gasteiger partial charge >= 0.3 is 11.8 Å². The van der Waals surface area contributed by atoms with Crippen LogP contribution in [0, 0.1) is 0 Å². The Bertz CT molecular complexity index is 768. The lowest BCUT2D eigenvalue weighted by Crippen LogP contribution is -2.40. The van der Waals surface area contributed by atoms with E-state index in [1.165, 1.54) is 0 Å². The molecule has 4 rings (SSSR count). The number of benzene rings is 2. The number of carbonyl (C=O) groups excluding carboxylic acids is 1. The first-order chi connectivity index (χ1) is 10.2. The molecular formula is C16H12FNO3. The lowest BCUT2D eigenvalue weighted by atomic mass is 10.0. The Morgan fingerprint density at radius 3 is 2.81 bits per heavy atom. The molecule has 0 aromatic heterocycles. The van der Waals surface area contributed by atoms with E-state index in [-0.39, 0.29) is 6.42 Å². The van der Waals surface area contributed by atoms with Crippen molar-refractivity contribution in [2.24, 2.45) is 4.99 Å². The van der Waals surface area contributed by atoms with E-state index in [9.17, 15) is 9.18 Å². The summed E-state index contributed by atoms with van der Waals surface area (Å²) in [5.74, 6) is -1.70. The third kappa shape index (κ3) is 1.73. The molecule has 2 atom stereocenters. The third-order valence-corrected chi connectivity index (χ3v) is 3.90. The van der Waals surface area contributed by atoms with Gasteiger partial charge in [0.15, 0.2) is 6.67 Å². The second-order valence-corrected chi connectivity index (χ2v) is 5.20. The Balaban J connectivity index is 1.81. The number of alkyl halides is 1. The van der Waals surface area contributed by atoms with Gasteiger partial charge in [-0.2, -0.15) is 0 Å². The van der Waals surface area contributed by atoms with E-state index < -0.39 is 24.5 Å².